The van der Waals surface area contributed by atoms with E-state index in [2.05, 4.69) is 20.8 Å². The van der Waals surface area contributed by atoms with Crippen LogP contribution in [0.2, 0.25) is 4.34 Å². The van der Waals surface area contributed by atoms with Gasteiger partial charge in [0.15, 0.2) is 0 Å². The number of rotatable bonds is 5. The van der Waals surface area contributed by atoms with Gasteiger partial charge in [-0.15, -0.1) is 11.3 Å². The van der Waals surface area contributed by atoms with E-state index in [0.29, 0.717) is 13.1 Å². The molecule has 0 aliphatic heterocycles. The second-order valence-electron chi connectivity index (χ2n) is 4.57. The van der Waals surface area contributed by atoms with Crippen LogP contribution in [0, 0.1) is 5.82 Å². The lowest BCUT2D eigenvalue weighted by molar-refractivity contribution is 0.245. The number of hydrogen-bond donors (Lipinski definition) is 1. The Morgan fingerprint density at radius 2 is 2.20 bits per heavy atom. The zero-order valence-electron chi connectivity index (χ0n) is 10.9. The summed E-state index contributed by atoms with van der Waals surface area (Å²) < 4.78 is 14.8. The van der Waals surface area contributed by atoms with E-state index in [1.165, 1.54) is 17.4 Å². The Balaban J connectivity index is 2.15. The molecule has 0 bridgehead atoms. The number of benzene rings is 1. The molecule has 0 aliphatic carbocycles. The molecule has 0 saturated heterocycles. The second kappa shape index (κ2) is 7.00. The zero-order valence-corrected chi connectivity index (χ0v) is 14.1. The highest BCUT2D eigenvalue weighted by molar-refractivity contribution is 9.10. The first-order valence-corrected chi connectivity index (χ1v) is 8.09. The molecule has 20 heavy (non-hydrogen) atoms. The second-order valence-corrected chi connectivity index (χ2v) is 7.11. The fourth-order valence-corrected chi connectivity index (χ4v) is 3.99. The van der Waals surface area contributed by atoms with Crippen LogP contribution in [0.1, 0.15) is 16.5 Å². The minimum Gasteiger partial charge on any atom is -0.329 e. The van der Waals surface area contributed by atoms with E-state index < -0.39 is 0 Å². The van der Waals surface area contributed by atoms with Gasteiger partial charge in [0.25, 0.3) is 0 Å². The molecule has 2 nitrogen and oxygen atoms in total. The topological polar surface area (TPSA) is 29.3 Å². The maximum atomic E-state index is 13.2. The van der Waals surface area contributed by atoms with Gasteiger partial charge in [-0.25, -0.2) is 4.39 Å². The lowest BCUT2D eigenvalue weighted by Crippen LogP contribution is -2.29. The molecule has 1 aromatic carbocycles. The number of thiophene rings is 1. The molecular formula is C14H15BrClFN2S. The summed E-state index contributed by atoms with van der Waals surface area (Å²) in [6.07, 6.45) is 0. The molecule has 1 aromatic heterocycles. The third-order valence-electron chi connectivity index (χ3n) is 3.07. The quantitative estimate of drug-likeness (QED) is 0.835. The average molecular weight is 378 g/mol. The molecule has 2 rings (SSSR count). The van der Waals surface area contributed by atoms with Crippen molar-refractivity contribution in [1.82, 2.24) is 4.90 Å². The van der Waals surface area contributed by atoms with Crippen LogP contribution in [0.4, 0.5) is 4.39 Å². The minimum absolute atomic E-state index is 0.0621. The molecule has 0 aliphatic rings. The average Bonchev–Trinajstić information content (AvgIpc) is 2.70. The van der Waals surface area contributed by atoms with Gasteiger partial charge in [0.05, 0.1) is 6.04 Å². The fourth-order valence-electron chi connectivity index (χ4n) is 2.07. The van der Waals surface area contributed by atoms with Gasteiger partial charge in [0.2, 0.25) is 0 Å². The van der Waals surface area contributed by atoms with Crippen molar-refractivity contribution in [3.63, 3.8) is 0 Å². The van der Waals surface area contributed by atoms with Crippen molar-refractivity contribution in [3.8, 4) is 0 Å². The molecule has 0 amide bonds. The summed E-state index contributed by atoms with van der Waals surface area (Å²) in [5.41, 5.74) is 6.80. The third-order valence-corrected chi connectivity index (χ3v) is 5.64. The maximum absolute atomic E-state index is 13.2. The molecule has 2 aromatic rings. The summed E-state index contributed by atoms with van der Waals surface area (Å²) in [6, 6.07) is 8.67. The van der Waals surface area contributed by atoms with E-state index in [4.69, 9.17) is 17.3 Å². The number of likely N-dealkylation sites (N-methyl/N-ethyl adjacent to an activating group) is 1. The fraction of sp³-hybridized carbons (Fsp3) is 0.286. The predicted molar refractivity (Wildman–Crippen MR) is 86.7 cm³/mol. The molecule has 0 spiro atoms. The number of halogens is 3. The first-order chi connectivity index (χ1) is 9.51. The summed E-state index contributed by atoms with van der Waals surface area (Å²) in [4.78, 5) is 3.20. The van der Waals surface area contributed by atoms with E-state index in [-0.39, 0.29) is 11.9 Å². The first-order valence-electron chi connectivity index (χ1n) is 6.10. The van der Waals surface area contributed by atoms with Gasteiger partial charge in [0.1, 0.15) is 10.2 Å². The summed E-state index contributed by atoms with van der Waals surface area (Å²) in [6.45, 7) is 1.11. The van der Waals surface area contributed by atoms with Crippen molar-refractivity contribution in [1.29, 1.82) is 0 Å². The lowest BCUT2D eigenvalue weighted by atomic mass is 10.1. The SMILES string of the molecule is CN(Cc1cccc(F)c1)C(CN)c1cc(Br)c(Cl)s1. The van der Waals surface area contributed by atoms with E-state index in [9.17, 15) is 4.39 Å². The smallest absolute Gasteiger partial charge is 0.123 e. The number of nitrogens with zero attached hydrogens (tertiary/aromatic N) is 1. The Morgan fingerprint density at radius 3 is 2.75 bits per heavy atom. The van der Waals surface area contributed by atoms with E-state index in [0.717, 1.165) is 19.2 Å². The van der Waals surface area contributed by atoms with Crippen LogP contribution in [-0.4, -0.2) is 18.5 Å². The molecule has 1 unspecified atom stereocenters. The summed E-state index contributed by atoms with van der Waals surface area (Å²) in [5, 5.41) is 0. The third kappa shape index (κ3) is 3.80. The van der Waals surface area contributed by atoms with Crippen molar-refractivity contribution in [3.05, 3.63) is 55.4 Å². The summed E-state index contributed by atoms with van der Waals surface area (Å²) in [5.74, 6) is -0.220. The van der Waals surface area contributed by atoms with Gasteiger partial charge < -0.3 is 5.73 Å². The van der Waals surface area contributed by atoms with Crippen LogP contribution in [0.5, 0.6) is 0 Å². The van der Waals surface area contributed by atoms with Crippen molar-refractivity contribution < 1.29 is 4.39 Å². The Labute approximate surface area is 135 Å². The predicted octanol–water partition coefficient (Wildman–Crippen LogP) is 4.43. The van der Waals surface area contributed by atoms with Crippen molar-refractivity contribution in [2.75, 3.05) is 13.6 Å². The van der Waals surface area contributed by atoms with E-state index in [1.54, 1.807) is 12.1 Å². The molecular weight excluding hydrogens is 363 g/mol. The van der Waals surface area contributed by atoms with Gasteiger partial charge in [-0.3, -0.25) is 4.90 Å². The summed E-state index contributed by atoms with van der Waals surface area (Å²) >= 11 is 11.0. The molecule has 6 heteroatoms. The Bertz CT molecular complexity index is 571. The van der Waals surface area contributed by atoms with Gasteiger partial charge in [-0.2, -0.15) is 0 Å². The van der Waals surface area contributed by atoms with Crippen molar-refractivity contribution in [2.45, 2.75) is 12.6 Å². The summed E-state index contributed by atoms with van der Waals surface area (Å²) in [7, 11) is 1.98. The highest BCUT2D eigenvalue weighted by atomic mass is 79.9. The normalized spacial score (nSPS) is 12.9. The maximum Gasteiger partial charge on any atom is 0.123 e. The monoisotopic (exact) mass is 376 g/mol. The lowest BCUT2D eigenvalue weighted by Gasteiger charge is -2.26. The van der Waals surface area contributed by atoms with E-state index >= 15 is 0 Å². The number of hydrogen-bond acceptors (Lipinski definition) is 3. The Kier molecular flexibility index (Phi) is 5.57. The van der Waals surface area contributed by atoms with Crippen LogP contribution < -0.4 is 5.73 Å². The van der Waals surface area contributed by atoms with Crippen LogP contribution in [-0.2, 0) is 6.54 Å². The van der Waals surface area contributed by atoms with Crippen molar-refractivity contribution in [2.24, 2.45) is 5.73 Å². The molecule has 1 heterocycles. The molecule has 0 radical (unpaired) electrons. The van der Waals surface area contributed by atoms with Crippen LogP contribution >= 0.6 is 38.9 Å². The van der Waals surface area contributed by atoms with Crippen LogP contribution in [0.3, 0.4) is 0 Å². The Morgan fingerprint density at radius 1 is 1.45 bits per heavy atom. The van der Waals surface area contributed by atoms with Gasteiger partial charge in [-0.05, 0) is 46.7 Å². The standard InChI is InChI=1S/C14H15BrClFN2S/c1-19(8-9-3-2-4-10(17)5-9)12(7-18)13-6-11(15)14(16)20-13/h2-6,12H,7-8,18H2,1H3. The van der Waals surface area contributed by atoms with Crippen LogP contribution in [0.15, 0.2) is 34.8 Å². The van der Waals surface area contributed by atoms with Gasteiger partial charge in [-0.1, -0.05) is 23.7 Å². The van der Waals surface area contributed by atoms with Gasteiger partial charge >= 0.3 is 0 Å². The van der Waals surface area contributed by atoms with Crippen molar-refractivity contribution >= 4 is 38.9 Å². The number of nitrogens with two attached hydrogens (primary N) is 1. The molecule has 0 saturated carbocycles. The zero-order chi connectivity index (χ0) is 14.7. The highest BCUT2D eigenvalue weighted by Gasteiger charge is 2.19. The Hall–Kier alpha value is -0.460. The van der Waals surface area contributed by atoms with Crippen LogP contribution in [0.25, 0.3) is 0 Å². The minimum atomic E-state index is -0.220. The first kappa shape index (κ1) is 15.9. The molecule has 0 fully saturated rings. The highest BCUT2D eigenvalue weighted by Crippen LogP contribution is 2.36. The molecule has 108 valence electrons. The largest absolute Gasteiger partial charge is 0.329 e. The molecule has 1 atom stereocenters. The molecule has 2 N–H and O–H groups in total. The van der Waals surface area contributed by atoms with E-state index in [1.807, 2.05) is 19.2 Å². The van der Waals surface area contributed by atoms with Gasteiger partial charge in [0, 0.05) is 22.4 Å².